The number of carboxylic acids is 1. The molecular formula is C14H20O3. The zero-order valence-corrected chi connectivity index (χ0v) is 10.5. The predicted octanol–water partition coefficient (Wildman–Crippen LogP) is 3.13. The fraction of sp³-hybridized carbons (Fsp3) is 0.500. The summed E-state index contributed by atoms with van der Waals surface area (Å²) in [4.78, 5) is 10.5. The van der Waals surface area contributed by atoms with E-state index >= 15 is 0 Å². The number of aliphatic carboxylic acids is 1. The molecule has 0 aromatic heterocycles. The van der Waals surface area contributed by atoms with Gasteiger partial charge in [0, 0.05) is 0 Å². The quantitative estimate of drug-likeness (QED) is 0.791. The van der Waals surface area contributed by atoms with Crippen molar-refractivity contribution < 1.29 is 14.6 Å². The third-order valence-corrected chi connectivity index (χ3v) is 2.59. The van der Waals surface area contributed by atoms with Crippen LogP contribution in [0.15, 0.2) is 24.3 Å². The topological polar surface area (TPSA) is 46.5 Å². The van der Waals surface area contributed by atoms with Crippen molar-refractivity contribution >= 4 is 5.97 Å². The number of rotatable bonds is 7. The molecule has 0 saturated carbocycles. The first kappa shape index (κ1) is 13.6. The molecule has 0 bridgehead atoms. The molecule has 0 amide bonds. The first-order valence-corrected chi connectivity index (χ1v) is 6.05. The van der Waals surface area contributed by atoms with Crippen LogP contribution in [0.1, 0.15) is 32.3 Å². The summed E-state index contributed by atoms with van der Waals surface area (Å²) < 4.78 is 5.63. The van der Waals surface area contributed by atoms with E-state index in [2.05, 4.69) is 13.8 Å². The zero-order chi connectivity index (χ0) is 12.7. The average molecular weight is 236 g/mol. The number of carboxylic acid groups (broad SMARTS) is 1. The number of hydrogen-bond donors (Lipinski definition) is 1. The minimum atomic E-state index is -0.810. The number of ether oxygens (including phenoxy) is 1. The highest BCUT2D eigenvalue weighted by Crippen LogP contribution is 2.15. The summed E-state index contributed by atoms with van der Waals surface area (Å²) in [6, 6.07) is 7.26. The van der Waals surface area contributed by atoms with Gasteiger partial charge in [0.05, 0.1) is 13.0 Å². The van der Waals surface area contributed by atoms with Crippen molar-refractivity contribution in [2.45, 2.75) is 33.1 Å². The van der Waals surface area contributed by atoms with E-state index in [-0.39, 0.29) is 6.42 Å². The van der Waals surface area contributed by atoms with Gasteiger partial charge >= 0.3 is 5.97 Å². The van der Waals surface area contributed by atoms with Crippen LogP contribution in [0.2, 0.25) is 0 Å². The summed E-state index contributed by atoms with van der Waals surface area (Å²) in [5, 5.41) is 8.64. The van der Waals surface area contributed by atoms with Crippen LogP contribution in [0.25, 0.3) is 0 Å². The van der Waals surface area contributed by atoms with Crippen molar-refractivity contribution in [3.05, 3.63) is 29.8 Å². The Balaban J connectivity index is 2.42. The maximum atomic E-state index is 10.5. The van der Waals surface area contributed by atoms with Crippen LogP contribution < -0.4 is 4.74 Å². The Labute approximate surface area is 102 Å². The minimum Gasteiger partial charge on any atom is -0.493 e. The Hall–Kier alpha value is -1.51. The lowest BCUT2D eigenvalue weighted by Crippen LogP contribution is -2.08. The molecule has 0 fully saturated rings. The lowest BCUT2D eigenvalue weighted by atomic mass is 10.1. The van der Waals surface area contributed by atoms with Gasteiger partial charge < -0.3 is 9.84 Å². The highest BCUT2D eigenvalue weighted by molar-refractivity contribution is 5.70. The van der Waals surface area contributed by atoms with Gasteiger partial charge in [-0.05, 0) is 30.0 Å². The van der Waals surface area contributed by atoms with E-state index < -0.39 is 5.97 Å². The van der Waals surface area contributed by atoms with Gasteiger partial charge in [-0.3, -0.25) is 4.79 Å². The summed E-state index contributed by atoms with van der Waals surface area (Å²) in [7, 11) is 0. The maximum Gasteiger partial charge on any atom is 0.307 e. The summed E-state index contributed by atoms with van der Waals surface area (Å²) >= 11 is 0. The smallest absolute Gasteiger partial charge is 0.307 e. The van der Waals surface area contributed by atoms with E-state index in [1.807, 2.05) is 12.1 Å². The molecule has 0 aliphatic carbocycles. The standard InChI is InChI=1S/C14H20O3/c1-3-4-11(2)10-17-13-7-5-12(6-8-13)9-14(15)16/h5-8,11H,3-4,9-10H2,1-2H3,(H,15,16). The van der Waals surface area contributed by atoms with Crippen molar-refractivity contribution in [3.63, 3.8) is 0 Å². The zero-order valence-electron chi connectivity index (χ0n) is 10.5. The molecule has 1 aromatic carbocycles. The highest BCUT2D eigenvalue weighted by atomic mass is 16.5. The summed E-state index contributed by atoms with van der Waals surface area (Å²) in [5.74, 6) is 0.552. The molecule has 1 N–H and O–H groups in total. The largest absolute Gasteiger partial charge is 0.493 e. The van der Waals surface area contributed by atoms with Crippen LogP contribution in [0, 0.1) is 5.92 Å². The molecule has 1 rings (SSSR count). The van der Waals surface area contributed by atoms with Crippen LogP contribution in [0.3, 0.4) is 0 Å². The van der Waals surface area contributed by atoms with Crippen molar-refractivity contribution in [1.82, 2.24) is 0 Å². The highest BCUT2D eigenvalue weighted by Gasteiger charge is 2.03. The van der Waals surface area contributed by atoms with Gasteiger partial charge in [0.25, 0.3) is 0 Å². The number of hydrogen-bond acceptors (Lipinski definition) is 2. The first-order valence-electron chi connectivity index (χ1n) is 6.05. The Bertz CT molecular complexity index is 343. The Morgan fingerprint density at radius 2 is 2.00 bits per heavy atom. The summed E-state index contributed by atoms with van der Waals surface area (Å²) in [6.07, 6.45) is 2.39. The first-order chi connectivity index (χ1) is 8.11. The van der Waals surface area contributed by atoms with Crippen molar-refractivity contribution in [2.75, 3.05) is 6.61 Å². The molecule has 0 spiro atoms. The van der Waals surface area contributed by atoms with Crippen molar-refractivity contribution in [2.24, 2.45) is 5.92 Å². The van der Waals surface area contributed by atoms with Crippen LogP contribution in [-0.4, -0.2) is 17.7 Å². The molecule has 3 heteroatoms. The normalized spacial score (nSPS) is 12.1. The lowest BCUT2D eigenvalue weighted by Gasteiger charge is -2.12. The second-order valence-corrected chi connectivity index (χ2v) is 4.42. The van der Waals surface area contributed by atoms with Crippen molar-refractivity contribution in [3.8, 4) is 5.75 Å². The fourth-order valence-electron chi connectivity index (χ4n) is 1.69. The second-order valence-electron chi connectivity index (χ2n) is 4.42. The van der Waals surface area contributed by atoms with Gasteiger partial charge in [-0.1, -0.05) is 32.4 Å². The molecule has 17 heavy (non-hydrogen) atoms. The SMILES string of the molecule is CCCC(C)COc1ccc(CC(=O)O)cc1. The van der Waals surface area contributed by atoms with Gasteiger partial charge in [-0.15, -0.1) is 0 Å². The molecule has 1 aromatic rings. The monoisotopic (exact) mass is 236 g/mol. The van der Waals surface area contributed by atoms with Gasteiger partial charge in [-0.25, -0.2) is 0 Å². The van der Waals surface area contributed by atoms with Gasteiger partial charge in [0.2, 0.25) is 0 Å². The van der Waals surface area contributed by atoms with E-state index in [4.69, 9.17) is 9.84 Å². The molecule has 3 nitrogen and oxygen atoms in total. The molecule has 0 saturated heterocycles. The summed E-state index contributed by atoms with van der Waals surface area (Å²) in [6.45, 7) is 5.05. The van der Waals surface area contributed by atoms with E-state index in [0.717, 1.165) is 17.7 Å². The fourth-order valence-corrected chi connectivity index (χ4v) is 1.69. The summed E-state index contributed by atoms with van der Waals surface area (Å²) in [5.41, 5.74) is 0.798. The van der Waals surface area contributed by atoms with Crippen LogP contribution in [0.4, 0.5) is 0 Å². The second kappa shape index (κ2) is 6.94. The van der Waals surface area contributed by atoms with Gasteiger partial charge in [0.15, 0.2) is 0 Å². The van der Waals surface area contributed by atoms with Crippen LogP contribution in [-0.2, 0) is 11.2 Å². The minimum absolute atomic E-state index is 0.0620. The predicted molar refractivity (Wildman–Crippen MR) is 67.3 cm³/mol. The number of carbonyl (C=O) groups is 1. The molecule has 1 unspecified atom stereocenters. The van der Waals surface area contributed by atoms with Gasteiger partial charge in [-0.2, -0.15) is 0 Å². The third-order valence-electron chi connectivity index (χ3n) is 2.59. The van der Waals surface area contributed by atoms with E-state index in [1.54, 1.807) is 12.1 Å². The maximum absolute atomic E-state index is 10.5. The Morgan fingerprint density at radius 3 is 2.53 bits per heavy atom. The van der Waals surface area contributed by atoms with Crippen molar-refractivity contribution in [1.29, 1.82) is 0 Å². The molecular weight excluding hydrogens is 216 g/mol. The molecule has 0 radical (unpaired) electrons. The Morgan fingerprint density at radius 1 is 1.35 bits per heavy atom. The van der Waals surface area contributed by atoms with Crippen LogP contribution in [0.5, 0.6) is 5.75 Å². The Kier molecular flexibility index (Phi) is 5.53. The average Bonchev–Trinajstić information content (AvgIpc) is 2.28. The van der Waals surface area contributed by atoms with E-state index in [0.29, 0.717) is 12.5 Å². The third kappa shape index (κ3) is 5.38. The molecule has 94 valence electrons. The molecule has 1 atom stereocenters. The molecule has 0 aliphatic heterocycles. The number of benzene rings is 1. The van der Waals surface area contributed by atoms with E-state index in [9.17, 15) is 4.79 Å². The lowest BCUT2D eigenvalue weighted by molar-refractivity contribution is -0.136. The van der Waals surface area contributed by atoms with Gasteiger partial charge in [0.1, 0.15) is 5.75 Å². The molecule has 0 aliphatic rings. The van der Waals surface area contributed by atoms with E-state index in [1.165, 1.54) is 6.42 Å². The van der Waals surface area contributed by atoms with Crippen LogP contribution >= 0.6 is 0 Å². The molecule has 0 heterocycles.